The molecular weight excluding hydrogens is 318 g/mol. The molecule has 1 heterocycles. The van der Waals surface area contributed by atoms with Crippen LogP contribution in [-0.2, 0) is 19.7 Å². The van der Waals surface area contributed by atoms with Gasteiger partial charge in [-0.25, -0.2) is 4.79 Å². The maximum absolute atomic E-state index is 11.4. The highest BCUT2D eigenvalue weighted by molar-refractivity contribution is 5.87. The number of benzene rings is 1. The maximum atomic E-state index is 11.4. The molecule has 0 atom stereocenters. The van der Waals surface area contributed by atoms with Crippen LogP contribution in [0.3, 0.4) is 0 Å². The molecule has 0 aliphatic carbocycles. The van der Waals surface area contributed by atoms with Gasteiger partial charge in [0.15, 0.2) is 0 Å². The van der Waals surface area contributed by atoms with Crippen molar-refractivity contribution >= 4 is 12.0 Å². The Balaban J connectivity index is 2.09. The van der Waals surface area contributed by atoms with Crippen molar-refractivity contribution in [3.05, 3.63) is 35.4 Å². The minimum absolute atomic E-state index is 0.0346. The Hall–Kier alpha value is -1.85. The molecule has 0 saturated carbocycles. The first-order valence-corrected chi connectivity index (χ1v) is 8.73. The third-order valence-electron chi connectivity index (χ3n) is 4.25. The summed E-state index contributed by atoms with van der Waals surface area (Å²) in [5.74, 6) is 0.417. The Bertz CT molecular complexity index is 598. The minimum atomic E-state index is -0.376. The third kappa shape index (κ3) is 6.18. The van der Waals surface area contributed by atoms with Crippen molar-refractivity contribution in [2.45, 2.75) is 26.2 Å². The Kier molecular flexibility index (Phi) is 7.02. The van der Waals surface area contributed by atoms with Crippen LogP contribution in [0.2, 0.25) is 0 Å². The summed E-state index contributed by atoms with van der Waals surface area (Å²) in [5, 5.41) is 0. The predicted molar refractivity (Wildman–Crippen MR) is 98.9 cm³/mol. The van der Waals surface area contributed by atoms with Gasteiger partial charge in [-0.1, -0.05) is 32.9 Å². The highest BCUT2D eigenvalue weighted by atomic mass is 16.5. The summed E-state index contributed by atoms with van der Waals surface area (Å²) >= 11 is 0. The summed E-state index contributed by atoms with van der Waals surface area (Å²) < 4.78 is 16.1. The lowest BCUT2D eigenvalue weighted by molar-refractivity contribution is -0.134. The molecule has 1 saturated heterocycles. The second-order valence-electron chi connectivity index (χ2n) is 7.16. The second kappa shape index (κ2) is 9.02. The number of methoxy groups -OCH3 is 1. The smallest absolute Gasteiger partial charge is 0.330 e. The maximum Gasteiger partial charge on any atom is 0.330 e. The zero-order valence-electron chi connectivity index (χ0n) is 15.7. The van der Waals surface area contributed by atoms with Crippen molar-refractivity contribution in [2.24, 2.45) is 0 Å². The normalized spacial score (nSPS) is 16.2. The molecular formula is C20H29NO4. The van der Waals surface area contributed by atoms with E-state index in [4.69, 9.17) is 9.47 Å². The number of hydrogen-bond donors (Lipinski definition) is 0. The number of ether oxygens (including phenoxy) is 3. The van der Waals surface area contributed by atoms with Crippen LogP contribution in [0.15, 0.2) is 24.3 Å². The SMILES string of the molecule is COC(=O)C=Cc1ccc(C(C)(C)C)cc1OCCN1CCOCC1. The molecule has 1 aromatic carbocycles. The van der Waals surface area contributed by atoms with Crippen molar-refractivity contribution in [3.63, 3.8) is 0 Å². The molecule has 25 heavy (non-hydrogen) atoms. The van der Waals surface area contributed by atoms with Crippen LogP contribution in [0.25, 0.3) is 6.08 Å². The van der Waals surface area contributed by atoms with Crippen LogP contribution in [0.5, 0.6) is 5.75 Å². The van der Waals surface area contributed by atoms with E-state index in [-0.39, 0.29) is 11.4 Å². The molecule has 0 bridgehead atoms. The molecule has 1 aliphatic heterocycles. The number of nitrogens with zero attached hydrogens (tertiary/aromatic N) is 1. The van der Waals surface area contributed by atoms with Gasteiger partial charge in [0, 0.05) is 31.3 Å². The number of morpholine rings is 1. The van der Waals surface area contributed by atoms with E-state index in [1.165, 1.54) is 18.7 Å². The molecule has 0 aromatic heterocycles. The van der Waals surface area contributed by atoms with Crippen molar-refractivity contribution in [2.75, 3.05) is 46.6 Å². The first kappa shape index (κ1) is 19.5. The number of carbonyl (C=O) groups is 1. The number of esters is 1. The average molecular weight is 347 g/mol. The van der Waals surface area contributed by atoms with Crippen LogP contribution in [-0.4, -0.2) is 57.4 Å². The lowest BCUT2D eigenvalue weighted by Gasteiger charge is -2.26. The van der Waals surface area contributed by atoms with E-state index in [0.717, 1.165) is 44.2 Å². The predicted octanol–water partition coefficient (Wildman–Crippen LogP) is 2.88. The molecule has 138 valence electrons. The molecule has 1 aliphatic rings. The molecule has 0 amide bonds. The third-order valence-corrected chi connectivity index (χ3v) is 4.25. The van der Waals surface area contributed by atoms with Crippen LogP contribution in [0.4, 0.5) is 0 Å². The van der Waals surface area contributed by atoms with E-state index < -0.39 is 0 Å². The van der Waals surface area contributed by atoms with Crippen molar-refractivity contribution in [3.8, 4) is 5.75 Å². The lowest BCUT2D eigenvalue weighted by Crippen LogP contribution is -2.38. The molecule has 1 aromatic rings. The van der Waals surface area contributed by atoms with E-state index in [1.807, 2.05) is 6.07 Å². The molecule has 0 spiro atoms. The van der Waals surface area contributed by atoms with Gasteiger partial charge in [0.2, 0.25) is 0 Å². The zero-order valence-corrected chi connectivity index (χ0v) is 15.7. The Labute approximate surface area is 150 Å². The first-order chi connectivity index (χ1) is 11.9. The summed E-state index contributed by atoms with van der Waals surface area (Å²) in [6, 6.07) is 6.13. The van der Waals surface area contributed by atoms with E-state index >= 15 is 0 Å². The quantitative estimate of drug-likeness (QED) is 0.585. The lowest BCUT2D eigenvalue weighted by atomic mass is 9.86. The molecule has 5 nitrogen and oxygen atoms in total. The van der Waals surface area contributed by atoms with E-state index in [0.29, 0.717) is 6.61 Å². The summed E-state index contributed by atoms with van der Waals surface area (Å²) in [6.45, 7) is 11.4. The van der Waals surface area contributed by atoms with E-state index in [1.54, 1.807) is 6.08 Å². The molecule has 5 heteroatoms. The van der Waals surface area contributed by atoms with Gasteiger partial charge in [-0.15, -0.1) is 0 Å². The molecule has 0 N–H and O–H groups in total. The van der Waals surface area contributed by atoms with Crippen molar-refractivity contribution in [1.82, 2.24) is 4.90 Å². The largest absolute Gasteiger partial charge is 0.492 e. The Morgan fingerprint density at radius 2 is 2.00 bits per heavy atom. The van der Waals surface area contributed by atoms with Gasteiger partial charge in [-0.05, 0) is 23.1 Å². The average Bonchev–Trinajstić information content (AvgIpc) is 2.60. The van der Waals surface area contributed by atoms with Crippen molar-refractivity contribution < 1.29 is 19.0 Å². The fourth-order valence-electron chi connectivity index (χ4n) is 2.60. The fraction of sp³-hybridized carbons (Fsp3) is 0.550. The molecule has 0 radical (unpaired) electrons. The van der Waals surface area contributed by atoms with Crippen LogP contribution >= 0.6 is 0 Å². The summed E-state index contributed by atoms with van der Waals surface area (Å²) in [5.41, 5.74) is 2.11. The van der Waals surface area contributed by atoms with Gasteiger partial charge in [-0.2, -0.15) is 0 Å². The van der Waals surface area contributed by atoms with Crippen LogP contribution < -0.4 is 4.74 Å². The second-order valence-corrected chi connectivity index (χ2v) is 7.16. The monoisotopic (exact) mass is 347 g/mol. The van der Waals surface area contributed by atoms with Crippen molar-refractivity contribution in [1.29, 1.82) is 0 Å². The van der Waals surface area contributed by atoms with Crippen LogP contribution in [0, 0.1) is 0 Å². The minimum Gasteiger partial charge on any atom is -0.492 e. The van der Waals surface area contributed by atoms with Crippen LogP contribution in [0.1, 0.15) is 31.9 Å². The van der Waals surface area contributed by atoms with E-state index in [2.05, 4.69) is 42.5 Å². The fourth-order valence-corrected chi connectivity index (χ4v) is 2.60. The van der Waals surface area contributed by atoms with Gasteiger partial charge in [0.1, 0.15) is 12.4 Å². The number of hydrogen-bond acceptors (Lipinski definition) is 5. The first-order valence-electron chi connectivity index (χ1n) is 8.73. The van der Waals surface area contributed by atoms with Gasteiger partial charge in [0.05, 0.1) is 20.3 Å². The van der Waals surface area contributed by atoms with Gasteiger partial charge in [-0.3, -0.25) is 4.90 Å². The van der Waals surface area contributed by atoms with E-state index in [9.17, 15) is 4.79 Å². The molecule has 2 rings (SSSR count). The highest BCUT2D eigenvalue weighted by Crippen LogP contribution is 2.29. The van der Waals surface area contributed by atoms with Gasteiger partial charge in [0.25, 0.3) is 0 Å². The van der Waals surface area contributed by atoms with Gasteiger partial charge < -0.3 is 14.2 Å². The standard InChI is InChI=1S/C20H29NO4/c1-20(2,3)17-7-5-16(6-8-19(22)23-4)18(15-17)25-14-11-21-9-12-24-13-10-21/h5-8,15H,9-14H2,1-4H3. The van der Waals surface area contributed by atoms with Gasteiger partial charge >= 0.3 is 5.97 Å². The summed E-state index contributed by atoms with van der Waals surface area (Å²) in [4.78, 5) is 13.7. The summed E-state index contributed by atoms with van der Waals surface area (Å²) in [6.07, 6.45) is 3.16. The molecule has 1 fully saturated rings. The Morgan fingerprint density at radius 3 is 2.64 bits per heavy atom. The molecule has 0 unspecified atom stereocenters. The number of rotatable bonds is 6. The summed E-state index contributed by atoms with van der Waals surface area (Å²) in [7, 11) is 1.37. The zero-order chi connectivity index (χ0) is 18.3. The Morgan fingerprint density at radius 1 is 1.28 bits per heavy atom. The topological polar surface area (TPSA) is 48.0 Å². The number of carbonyl (C=O) groups excluding carboxylic acids is 1. The highest BCUT2D eigenvalue weighted by Gasteiger charge is 2.16.